The summed E-state index contributed by atoms with van der Waals surface area (Å²) < 4.78 is 16.7. The number of thiophene rings is 1. The minimum atomic E-state index is -0.547. The highest BCUT2D eigenvalue weighted by Crippen LogP contribution is 2.38. The molecule has 25 heavy (non-hydrogen) atoms. The van der Waals surface area contributed by atoms with Gasteiger partial charge in [0.05, 0.1) is 30.0 Å². The lowest BCUT2D eigenvalue weighted by atomic mass is 10.1. The van der Waals surface area contributed by atoms with Crippen molar-refractivity contribution < 1.29 is 23.6 Å². The molecule has 6 nitrogen and oxygen atoms in total. The number of methoxy groups -OCH3 is 1. The zero-order chi connectivity index (χ0) is 18.2. The van der Waals surface area contributed by atoms with Crippen LogP contribution in [0.2, 0.25) is 0 Å². The van der Waals surface area contributed by atoms with Crippen LogP contribution in [0.25, 0.3) is 21.1 Å². The number of fused-ring (bicyclic) bond motifs is 3. The van der Waals surface area contributed by atoms with Gasteiger partial charge in [0, 0.05) is 22.6 Å². The Bertz CT molecular complexity index is 948. The molecule has 0 amide bonds. The Hall–Kier alpha value is -2.41. The maximum atomic E-state index is 12.4. The summed E-state index contributed by atoms with van der Waals surface area (Å²) in [4.78, 5) is 24.8. The van der Waals surface area contributed by atoms with Crippen molar-refractivity contribution in [3.05, 3.63) is 23.2 Å². The van der Waals surface area contributed by atoms with Gasteiger partial charge in [-0.2, -0.15) is 0 Å². The second-order valence-electron chi connectivity index (χ2n) is 6.68. The van der Waals surface area contributed by atoms with Crippen molar-refractivity contribution in [2.24, 2.45) is 0 Å². The minimum Gasteiger partial charge on any atom is -0.493 e. The number of carbonyl (C=O) groups is 2. The van der Waals surface area contributed by atoms with Gasteiger partial charge in [0.2, 0.25) is 5.58 Å². The predicted octanol–water partition coefficient (Wildman–Crippen LogP) is 4.36. The summed E-state index contributed by atoms with van der Waals surface area (Å²) in [6.07, 6.45) is 1.80. The van der Waals surface area contributed by atoms with Crippen LogP contribution in [0.15, 0.2) is 22.9 Å². The topological polar surface area (TPSA) is 78.6 Å². The van der Waals surface area contributed by atoms with E-state index in [0.717, 1.165) is 15.5 Å². The molecule has 2 aromatic heterocycles. The van der Waals surface area contributed by atoms with E-state index in [1.54, 1.807) is 34.1 Å². The third-order valence-electron chi connectivity index (χ3n) is 3.58. The van der Waals surface area contributed by atoms with E-state index in [-0.39, 0.29) is 24.6 Å². The first-order chi connectivity index (χ1) is 11.8. The van der Waals surface area contributed by atoms with E-state index in [1.165, 1.54) is 11.3 Å². The van der Waals surface area contributed by atoms with Gasteiger partial charge < -0.3 is 14.0 Å². The van der Waals surface area contributed by atoms with Gasteiger partial charge in [-0.15, -0.1) is 11.3 Å². The van der Waals surface area contributed by atoms with Gasteiger partial charge in [-0.1, -0.05) is 5.16 Å². The van der Waals surface area contributed by atoms with Crippen LogP contribution in [0, 0.1) is 0 Å². The van der Waals surface area contributed by atoms with Crippen LogP contribution >= 0.6 is 11.3 Å². The predicted molar refractivity (Wildman–Crippen MR) is 95.4 cm³/mol. The van der Waals surface area contributed by atoms with Gasteiger partial charge in [0.25, 0.3) is 0 Å². The van der Waals surface area contributed by atoms with E-state index in [0.29, 0.717) is 16.2 Å². The highest BCUT2D eigenvalue weighted by Gasteiger charge is 2.20. The van der Waals surface area contributed by atoms with E-state index in [4.69, 9.17) is 14.0 Å². The standard InChI is InChI=1S/C18H19NO5S/c1-18(2,3)23-16(21)6-5-12(20)15-7-10-11-9-19-24-17(11)13(22-4)8-14(10)25-15/h7-9H,5-6H2,1-4H3. The van der Waals surface area contributed by atoms with Crippen molar-refractivity contribution in [1.29, 1.82) is 0 Å². The molecule has 1 aromatic carbocycles. The van der Waals surface area contributed by atoms with Crippen molar-refractivity contribution in [2.45, 2.75) is 39.2 Å². The maximum absolute atomic E-state index is 12.4. The Balaban J connectivity index is 1.82. The smallest absolute Gasteiger partial charge is 0.306 e. The van der Waals surface area contributed by atoms with Gasteiger partial charge in [-0.05, 0) is 26.8 Å². The fraction of sp³-hybridized carbons (Fsp3) is 0.389. The van der Waals surface area contributed by atoms with Crippen LogP contribution in [0.3, 0.4) is 0 Å². The lowest BCUT2D eigenvalue weighted by Gasteiger charge is -2.19. The Morgan fingerprint density at radius 3 is 2.64 bits per heavy atom. The summed E-state index contributed by atoms with van der Waals surface area (Å²) in [6, 6.07) is 3.65. The molecule has 0 radical (unpaired) electrons. The molecule has 132 valence electrons. The first kappa shape index (κ1) is 17.4. The lowest BCUT2D eigenvalue weighted by Crippen LogP contribution is -2.24. The van der Waals surface area contributed by atoms with Crippen molar-refractivity contribution in [3.8, 4) is 5.75 Å². The van der Waals surface area contributed by atoms with E-state index in [2.05, 4.69) is 5.16 Å². The number of hydrogen-bond acceptors (Lipinski definition) is 7. The number of esters is 1. The molecule has 0 aliphatic rings. The monoisotopic (exact) mass is 361 g/mol. The highest BCUT2D eigenvalue weighted by atomic mass is 32.1. The molecule has 3 aromatic rings. The molecule has 0 bridgehead atoms. The zero-order valence-electron chi connectivity index (χ0n) is 14.5. The zero-order valence-corrected chi connectivity index (χ0v) is 15.4. The molecular formula is C18H19NO5S. The van der Waals surface area contributed by atoms with Crippen molar-refractivity contribution in [3.63, 3.8) is 0 Å². The summed E-state index contributed by atoms with van der Waals surface area (Å²) in [5.74, 6) is 0.121. The number of Topliss-reactive ketones (excluding diaryl/α,β-unsaturated/α-hetero) is 1. The Morgan fingerprint density at radius 1 is 1.20 bits per heavy atom. The SMILES string of the molecule is COc1cc2sc(C(=O)CCC(=O)OC(C)(C)C)cc2c2cnoc12. The fourth-order valence-electron chi connectivity index (χ4n) is 2.54. The van der Waals surface area contributed by atoms with Crippen LogP contribution < -0.4 is 4.74 Å². The van der Waals surface area contributed by atoms with Gasteiger partial charge in [0.15, 0.2) is 11.5 Å². The molecule has 3 rings (SSSR count). The number of aromatic nitrogens is 1. The molecule has 0 unspecified atom stereocenters. The second kappa shape index (κ2) is 6.48. The number of ether oxygens (including phenoxy) is 2. The van der Waals surface area contributed by atoms with E-state index in [1.807, 2.05) is 12.1 Å². The molecule has 0 aliphatic carbocycles. The summed E-state index contributed by atoms with van der Waals surface area (Å²) >= 11 is 1.37. The highest BCUT2D eigenvalue weighted by molar-refractivity contribution is 7.21. The number of hydrogen-bond donors (Lipinski definition) is 0. The van der Waals surface area contributed by atoms with Gasteiger partial charge in [-0.3, -0.25) is 9.59 Å². The molecule has 0 saturated heterocycles. The number of nitrogens with zero attached hydrogens (tertiary/aromatic N) is 1. The molecule has 0 saturated carbocycles. The van der Waals surface area contributed by atoms with Crippen molar-refractivity contribution in [2.75, 3.05) is 7.11 Å². The Labute approximate surface area is 148 Å². The lowest BCUT2D eigenvalue weighted by molar-refractivity contribution is -0.154. The van der Waals surface area contributed by atoms with E-state index < -0.39 is 5.60 Å². The van der Waals surface area contributed by atoms with Gasteiger partial charge >= 0.3 is 5.97 Å². The van der Waals surface area contributed by atoms with Crippen LogP contribution in [0.1, 0.15) is 43.3 Å². The molecule has 0 spiro atoms. The van der Waals surface area contributed by atoms with Gasteiger partial charge in [0.1, 0.15) is 5.60 Å². The molecule has 0 fully saturated rings. The largest absolute Gasteiger partial charge is 0.493 e. The second-order valence-corrected chi connectivity index (χ2v) is 7.76. The van der Waals surface area contributed by atoms with Crippen LogP contribution in [-0.4, -0.2) is 29.6 Å². The average molecular weight is 361 g/mol. The first-order valence-corrected chi connectivity index (χ1v) is 8.70. The fourth-order valence-corrected chi connectivity index (χ4v) is 3.61. The van der Waals surface area contributed by atoms with Crippen LogP contribution in [0.5, 0.6) is 5.75 Å². The Kier molecular flexibility index (Phi) is 4.51. The van der Waals surface area contributed by atoms with E-state index >= 15 is 0 Å². The summed E-state index contributed by atoms with van der Waals surface area (Å²) in [5.41, 5.74) is 0.00863. The molecular weight excluding hydrogens is 342 g/mol. The first-order valence-electron chi connectivity index (χ1n) is 7.88. The van der Waals surface area contributed by atoms with E-state index in [9.17, 15) is 9.59 Å². The minimum absolute atomic E-state index is 0.0658. The summed E-state index contributed by atoms with van der Waals surface area (Å²) in [6.45, 7) is 5.41. The molecule has 2 heterocycles. The molecule has 0 N–H and O–H groups in total. The van der Waals surface area contributed by atoms with Crippen molar-refractivity contribution >= 4 is 44.1 Å². The molecule has 0 aliphatic heterocycles. The number of rotatable bonds is 5. The summed E-state index contributed by atoms with van der Waals surface area (Å²) in [5, 5.41) is 5.51. The normalized spacial score (nSPS) is 11.8. The maximum Gasteiger partial charge on any atom is 0.306 e. The van der Waals surface area contributed by atoms with Crippen LogP contribution in [-0.2, 0) is 9.53 Å². The summed E-state index contributed by atoms with van der Waals surface area (Å²) in [7, 11) is 1.56. The molecule has 7 heteroatoms. The third kappa shape index (κ3) is 3.66. The van der Waals surface area contributed by atoms with Gasteiger partial charge in [-0.25, -0.2) is 0 Å². The quantitative estimate of drug-likeness (QED) is 0.496. The van der Waals surface area contributed by atoms with Crippen LogP contribution in [0.4, 0.5) is 0 Å². The molecule has 0 atom stereocenters. The number of benzene rings is 1. The number of ketones is 1. The third-order valence-corrected chi connectivity index (χ3v) is 4.70. The number of carbonyl (C=O) groups excluding carboxylic acids is 2. The van der Waals surface area contributed by atoms with Crippen molar-refractivity contribution in [1.82, 2.24) is 5.16 Å². The average Bonchev–Trinajstić information content (AvgIpc) is 3.15. The Morgan fingerprint density at radius 2 is 1.96 bits per heavy atom.